The SMILES string of the molecule is C#CCOC(=O)NS(=O)(=O)c1ccc(Cl)cc1. The van der Waals surface area contributed by atoms with Crippen molar-refractivity contribution in [3.05, 3.63) is 29.3 Å². The number of carbonyl (C=O) groups is 1. The molecule has 5 nitrogen and oxygen atoms in total. The summed E-state index contributed by atoms with van der Waals surface area (Å²) in [4.78, 5) is 10.9. The number of hydrogen-bond donors (Lipinski definition) is 1. The van der Waals surface area contributed by atoms with Gasteiger partial charge in [-0.15, -0.1) is 6.42 Å². The Balaban J connectivity index is 2.79. The molecule has 1 amide bonds. The van der Waals surface area contributed by atoms with Crippen molar-refractivity contribution in [3.63, 3.8) is 0 Å². The van der Waals surface area contributed by atoms with Gasteiger partial charge in [0.2, 0.25) is 0 Å². The lowest BCUT2D eigenvalue weighted by Gasteiger charge is -2.06. The van der Waals surface area contributed by atoms with E-state index in [0.717, 1.165) is 0 Å². The minimum absolute atomic E-state index is 0.0976. The highest BCUT2D eigenvalue weighted by molar-refractivity contribution is 7.90. The number of hydrogen-bond acceptors (Lipinski definition) is 4. The summed E-state index contributed by atoms with van der Waals surface area (Å²) < 4.78 is 29.3. The normalized spacial score (nSPS) is 10.4. The maximum atomic E-state index is 11.6. The molecule has 0 spiro atoms. The summed E-state index contributed by atoms with van der Waals surface area (Å²) in [5, 5.41) is 0.388. The molecule has 90 valence electrons. The van der Waals surface area contributed by atoms with Crippen LogP contribution in [0, 0.1) is 12.3 Å². The van der Waals surface area contributed by atoms with Gasteiger partial charge in [-0.3, -0.25) is 0 Å². The lowest BCUT2D eigenvalue weighted by Crippen LogP contribution is -2.31. The number of rotatable bonds is 3. The summed E-state index contributed by atoms with van der Waals surface area (Å²) in [7, 11) is -3.96. The molecular weight excluding hydrogens is 266 g/mol. The highest BCUT2D eigenvalue weighted by Gasteiger charge is 2.17. The Morgan fingerprint density at radius 2 is 2.00 bits per heavy atom. The van der Waals surface area contributed by atoms with Crippen LogP contribution < -0.4 is 4.72 Å². The van der Waals surface area contributed by atoms with Crippen molar-refractivity contribution in [1.29, 1.82) is 0 Å². The van der Waals surface area contributed by atoms with E-state index in [2.05, 4.69) is 4.74 Å². The Morgan fingerprint density at radius 3 is 2.53 bits per heavy atom. The second-order valence-electron chi connectivity index (χ2n) is 2.84. The summed E-state index contributed by atoms with van der Waals surface area (Å²) in [6.45, 7) is -0.304. The Morgan fingerprint density at radius 1 is 1.41 bits per heavy atom. The molecule has 0 saturated heterocycles. The first-order valence-electron chi connectivity index (χ1n) is 4.34. The quantitative estimate of drug-likeness (QED) is 0.845. The van der Waals surface area contributed by atoms with Crippen molar-refractivity contribution in [3.8, 4) is 12.3 Å². The number of halogens is 1. The monoisotopic (exact) mass is 273 g/mol. The van der Waals surface area contributed by atoms with E-state index in [1.54, 1.807) is 4.72 Å². The van der Waals surface area contributed by atoms with Crippen LogP contribution in [0.25, 0.3) is 0 Å². The molecule has 0 heterocycles. The van der Waals surface area contributed by atoms with E-state index in [1.165, 1.54) is 24.3 Å². The average molecular weight is 274 g/mol. The first-order valence-corrected chi connectivity index (χ1v) is 6.20. The molecule has 0 radical (unpaired) electrons. The van der Waals surface area contributed by atoms with Crippen molar-refractivity contribution >= 4 is 27.7 Å². The van der Waals surface area contributed by atoms with Gasteiger partial charge >= 0.3 is 6.09 Å². The molecule has 7 heteroatoms. The fraction of sp³-hybridized carbons (Fsp3) is 0.100. The number of amides is 1. The van der Waals surface area contributed by atoms with Crippen molar-refractivity contribution in [2.75, 3.05) is 6.61 Å². The summed E-state index contributed by atoms with van der Waals surface area (Å²) in [6.07, 6.45) is 3.72. The highest BCUT2D eigenvalue weighted by Crippen LogP contribution is 2.13. The van der Waals surface area contributed by atoms with Crippen LogP contribution in [0.15, 0.2) is 29.2 Å². The molecule has 0 aromatic heterocycles. The number of sulfonamides is 1. The molecule has 1 N–H and O–H groups in total. The molecule has 17 heavy (non-hydrogen) atoms. The van der Waals surface area contributed by atoms with E-state index in [-0.39, 0.29) is 11.5 Å². The zero-order chi connectivity index (χ0) is 12.9. The lowest BCUT2D eigenvalue weighted by molar-refractivity contribution is 0.166. The maximum absolute atomic E-state index is 11.6. The second-order valence-corrected chi connectivity index (χ2v) is 4.96. The van der Waals surface area contributed by atoms with Gasteiger partial charge in [-0.2, -0.15) is 0 Å². The van der Waals surface area contributed by atoms with Crippen molar-refractivity contribution in [2.45, 2.75) is 4.90 Å². The molecule has 0 aliphatic rings. The lowest BCUT2D eigenvalue weighted by atomic mass is 10.4. The third-order valence-electron chi connectivity index (χ3n) is 1.63. The van der Waals surface area contributed by atoms with Crippen molar-refractivity contribution < 1.29 is 17.9 Å². The largest absolute Gasteiger partial charge is 0.436 e. The first kappa shape index (κ1) is 13.4. The summed E-state index contributed by atoms with van der Waals surface area (Å²) in [5.74, 6) is 2.04. The van der Waals surface area contributed by atoms with Gasteiger partial charge < -0.3 is 4.74 Å². The fourth-order valence-corrected chi connectivity index (χ4v) is 1.94. The fourth-order valence-electron chi connectivity index (χ4n) is 0.919. The van der Waals surface area contributed by atoms with Crippen LogP contribution in [0.3, 0.4) is 0 Å². The number of nitrogens with one attached hydrogen (secondary N) is 1. The maximum Gasteiger partial charge on any atom is 0.422 e. The van der Waals surface area contributed by atoms with E-state index >= 15 is 0 Å². The molecule has 0 atom stereocenters. The highest BCUT2D eigenvalue weighted by atomic mass is 35.5. The summed E-state index contributed by atoms with van der Waals surface area (Å²) in [5.41, 5.74) is 0. The Hall–Kier alpha value is -1.71. The zero-order valence-corrected chi connectivity index (χ0v) is 10.1. The van der Waals surface area contributed by atoms with Gasteiger partial charge in [0.15, 0.2) is 6.61 Å². The van der Waals surface area contributed by atoms with Crippen LogP contribution in [0.5, 0.6) is 0 Å². The predicted octanol–water partition coefficient (Wildman–Crippen LogP) is 1.39. The molecule has 1 rings (SSSR count). The van der Waals surface area contributed by atoms with Crippen LogP contribution in [-0.2, 0) is 14.8 Å². The molecular formula is C10H8ClNO4S. The number of benzene rings is 1. The van der Waals surface area contributed by atoms with Gasteiger partial charge in [-0.25, -0.2) is 17.9 Å². The molecule has 0 fully saturated rings. The molecule has 0 bridgehead atoms. The number of terminal acetylenes is 1. The topological polar surface area (TPSA) is 72.5 Å². The van der Waals surface area contributed by atoms with Crippen LogP contribution in [0.2, 0.25) is 5.02 Å². The van der Waals surface area contributed by atoms with Crippen LogP contribution in [0.1, 0.15) is 0 Å². The third-order valence-corrected chi connectivity index (χ3v) is 3.21. The molecule has 0 aliphatic heterocycles. The Bertz CT molecular complexity index is 545. The van der Waals surface area contributed by atoms with E-state index < -0.39 is 16.1 Å². The molecule has 0 unspecified atom stereocenters. The Labute approximate surface area is 104 Å². The molecule has 1 aromatic rings. The standard InChI is InChI=1S/C10H8ClNO4S/c1-2-7-16-10(13)12-17(14,15)9-5-3-8(11)4-6-9/h1,3-6H,7H2,(H,12,13). The summed E-state index contributed by atoms with van der Waals surface area (Å²) >= 11 is 5.61. The van der Waals surface area contributed by atoms with Crippen LogP contribution >= 0.6 is 11.6 Å². The third kappa shape index (κ3) is 3.98. The summed E-state index contributed by atoms with van der Waals surface area (Å²) in [6, 6.07) is 5.31. The van der Waals surface area contributed by atoms with E-state index in [4.69, 9.17) is 18.0 Å². The first-order chi connectivity index (χ1) is 7.95. The van der Waals surface area contributed by atoms with Gasteiger partial charge in [0.25, 0.3) is 10.0 Å². The smallest absolute Gasteiger partial charge is 0.422 e. The van der Waals surface area contributed by atoms with Gasteiger partial charge in [0.1, 0.15) is 0 Å². The van der Waals surface area contributed by atoms with Crippen molar-refractivity contribution in [2.24, 2.45) is 0 Å². The molecule has 1 aromatic carbocycles. The second kappa shape index (κ2) is 5.57. The van der Waals surface area contributed by atoms with Gasteiger partial charge in [0.05, 0.1) is 4.90 Å². The van der Waals surface area contributed by atoms with Gasteiger partial charge in [-0.05, 0) is 24.3 Å². The minimum Gasteiger partial charge on any atom is -0.436 e. The van der Waals surface area contributed by atoms with E-state index in [1.807, 2.05) is 5.92 Å². The van der Waals surface area contributed by atoms with Crippen molar-refractivity contribution in [1.82, 2.24) is 4.72 Å². The van der Waals surface area contributed by atoms with Crippen LogP contribution in [0.4, 0.5) is 4.79 Å². The number of ether oxygens (including phenoxy) is 1. The van der Waals surface area contributed by atoms with Gasteiger partial charge in [0, 0.05) is 5.02 Å². The Kier molecular flexibility index (Phi) is 4.37. The van der Waals surface area contributed by atoms with E-state index in [0.29, 0.717) is 5.02 Å². The predicted molar refractivity (Wildman–Crippen MR) is 62.0 cm³/mol. The molecule has 0 aliphatic carbocycles. The zero-order valence-electron chi connectivity index (χ0n) is 8.51. The van der Waals surface area contributed by atoms with Crippen LogP contribution in [-0.4, -0.2) is 21.1 Å². The minimum atomic E-state index is -3.96. The van der Waals surface area contributed by atoms with E-state index in [9.17, 15) is 13.2 Å². The average Bonchev–Trinajstić information content (AvgIpc) is 2.26. The number of carbonyl (C=O) groups excluding carboxylic acids is 1. The molecule has 0 saturated carbocycles. The van der Waals surface area contributed by atoms with Gasteiger partial charge in [-0.1, -0.05) is 17.5 Å².